The standard InChI is InChI=1S/C12H20N4O2S/c1-10-5-6-14-12(15-10)8-16-7-3-2-4-11(16)9-19(13,17)18/h5-6,11H,2-4,7-9H2,1H3,(H2,13,17,18). The minimum absolute atomic E-state index is 0.0127. The second kappa shape index (κ2) is 5.94. The van der Waals surface area contributed by atoms with Crippen LogP contribution in [0.4, 0.5) is 0 Å². The van der Waals surface area contributed by atoms with E-state index in [1.165, 1.54) is 0 Å². The molecule has 1 unspecified atom stereocenters. The number of aryl methyl sites for hydroxylation is 1. The summed E-state index contributed by atoms with van der Waals surface area (Å²) in [5.74, 6) is 0.750. The van der Waals surface area contributed by atoms with Gasteiger partial charge < -0.3 is 0 Å². The summed E-state index contributed by atoms with van der Waals surface area (Å²) in [5, 5.41) is 5.16. The van der Waals surface area contributed by atoms with Crippen molar-refractivity contribution in [2.24, 2.45) is 5.14 Å². The Kier molecular flexibility index (Phi) is 4.49. The molecular weight excluding hydrogens is 264 g/mol. The van der Waals surface area contributed by atoms with Crippen molar-refractivity contribution in [1.29, 1.82) is 0 Å². The van der Waals surface area contributed by atoms with Crippen LogP contribution in [0.15, 0.2) is 12.3 Å². The maximum absolute atomic E-state index is 11.3. The molecule has 1 aliphatic heterocycles. The second-order valence-corrected chi connectivity index (χ2v) is 6.72. The first-order valence-electron chi connectivity index (χ1n) is 6.47. The molecule has 1 atom stereocenters. The van der Waals surface area contributed by atoms with E-state index in [4.69, 9.17) is 5.14 Å². The minimum atomic E-state index is -3.44. The number of rotatable bonds is 4. The van der Waals surface area contributed by atoms with Crippen molar-refractivity contribution >= 4 is 10.0 Å². The maximum atomic E-state index is 11.3. The van der Waals surface area contributed by atoms with Gasteiger partial charge in [-0.2, -0.15) is 0 Å². The van der Waals surface area contributed by atoms with Crippen molar-refractivity contribution in [2.45, 2.75) is 38.8 Å². The van der Waals surface area contributed by atoms with Gasteiger partial charge in [0.2, 0.25) is 10.0 Å². The molecule has 2 N–H and O–H groups in total. The van der Waals surface area contributed by atoms with Crippen molar-refractivity contribution in [1.82, 2.24) is 14.9 Å². The summed E-state index contributed by atoms with van der Waals surface area (Å²) >= 11 is 0. The van der Waals surface area contributed by atoms with Crippen LogP contribution in [0, 0.1) is 6.92 Å². The van der Waals surface area contributed by atoms with Gasteiger partial charge in [-0.25, -0.2) is 23.5 Å². The molecule has 0 spiro atoms. The molecule has 0 saturated carbocycles. The molecule has 1 aromatic rings. The fourth-order valence-electron chi connectivity index (χ4n) is 2.48. The smallest absolute Gasteiger partial charge is 0.210 e. The zero-order valence-electron chi connectivity index (χ0n) is 11.1. The van der Waals surface area contributed by atoms with Crippen LogP contribution in [-0.2, 0) is 16.6 Å². The van der Waals surface area contributed by atoms with Gasteiger partial charge in [-0.1, -0.05) is 6.42 Å². The number of sulfonamides is 1. The molecule has 19 heavy (non-hydrogen) atoms. The highest BCUT2D eigenvalue weighted by atomic mass is 32.2. The number of likely N-dealkylation sites (tertiary alicyclic amines) is 1. The predicted octanol–water partition coefficient (Wildman–Crippen LogP) is 0.428. The third-order valence-corrected chi connectivity index (χ3v) is 4.21. The Hall–Kier alpha value is -1.05. The van der Waals surface area contributed by atoms with Crippen LogP contribution in [0.1, 0.15) is 30.8 Å². The van der Waals surface area contributed by atoms with Crippen molar-refractivity contribution < 1.29 is 8.42 Å². The summed E-state index contributed by atoms with van der Waals surface area (Å²) in [4.78, 5) is 10.7. The van der Waals surface area contributed by atoms with Gasteiger partial charge in [0.1, 0.15) is 5.82 Å². The van der Waals surface area contributed by atoms with E-state index in [1.807, 2.05) is 13.0 Å². The van der Waals surface area contributed by atoms with Crippen molar-refractivity contribution in [3.8, 4) is 0 Å². The molecule has 7 heteroatoms. The van der Waals surface area contributed by atoms with Crippen LogP contribution in [0.5, 0.6) is 0 Å². The van der Waals surface area contributed by atoms with Crippen molar-refractivity contribution in [3.05, 3.63) is 23.8 Å². The summed E-state index contributed by atoms with van der Waals surface area (Å²) < 4.78 is 22.5. The van der Waals surface area contributed by atoms with Gasteiger partial charge >= 0.3 is 0 Å². The second-order valence-electron chi connectivity index (χ2n) is 5.06. The maximum Gasteiger partial charge on any atom is 0.210 e. The van der Waals surface area contributed by atoms with Gasteiger partial charge in [0, 0.05) is 17.9 Å². The topological polar surface area (TPSA) is 89.2 Å². The minimum Gasteiger partial charge on any atom is -0.292 e. The first kappa shape index (κ1) is 14.4. The van der Waals surface area contributed by atoms with E-state index in [-0.39, 0.29) is 11.8 Å². The Morgan fingerprint density at radius 1 is 1.47 bits per heavy atom. The van der Waals surface area contributed by atoms with Gasteiger partial charge in [0.05, 0.1) is 12.3 Å². The van der Waals surface area contributed by atoms with Gasteiger partial charge in [0.15, 0.2) is 0 Å². The number of primary sulfonamides is 1. The molecule has 0 radical (unpaired) electrons. The Balaban J connectivity index is 2.07. The zero-order chi connectivity index (χ0) is 13.9. The van der Waals surface area contributed by atoms with E-state index in [2.05, 4.69) is 14.9 Å². The fourth-order valence-corrected chi connectivity index (χ4v) is 3.40. The molecule has 106 valence electrons. The van der Waals surface area contributed by atoms with Crippen LogP contribution >= 0.6 is 0 Å². The summed E-state index contributed by atoms with van der Waals surface area (Å²) in [6.45, 7) is 3.38. The highest BCUT2D eigenvalue weighted by molar-refractivity contribution is 7.89. The van der Waals surface area contributed by atoms with Crippen LogP contribution in [0.2, 0.25) is 0 Å². The number of hydrogen-bond donors (Lipinski definition) is 1. The number of nitrogens with zero attached hydrogens (tertiary/aromatic N) is 3. The van der Waals surface area contributed by atoms with Crippen LogP contribution in [0.3, 0.4) is 0 Å². The lowest BCUT2D eigenvalue weighted by molar-refractivity contribution is 0.150. The Bertz CT molecular complexity index is 532. The number of aromatic nitrogens is 2. The Morgan fingerprint density at radius 2 is 2.26 bits per heavy atom. The van der Waals surface area contributed by atoms with Crippen molar-refractivity contribution in [2.75, 3.05) is 12.3 Å². The van der Waals surface area contributed by atoms with Gasteiger partial charge in [-0.15, -0.1) is 0 Å². The van der Waals surface area contributed by atoms with E-state index >= 15 is 0 Å². The highest BCUT2D eigenvalue weighted by Gasteiger charge is 2.26. The molecule has 2 heterocycles. The molecule has 6 nitrogen and oxygen atoms in total. The molecule has 0 aromatic carbocycles. The summed E-state index contributed by atoms with van der Waals surface area (Å²) in [7, 11) is -3.44. The third-order valence-electron chi connectivity index (χ3n) is 3.36. The first-order valence-corrected chi connectivity index (χ1v) is 8.18. The summed E-state index contributed by atoms with van der Waals surface area (Å²) in [6, 6.07) is 1.83. The SMILES string of the molecule is Cc1ccnc(CN2CCCCC2CS(N)(=O)=O)n1. The largest absolute Gasteiger partial charge is 0.292 e. The first-order chi connectivity index (χ1) is 8.94. The van der Waals surface area contributed by atoms with Crippen LogP contribution in [-0.4, -0.2) is 41.6 Å². The van der Waals surface area contributed by atoms with Crippen LogP contribution < -0.4 is 5.14 Å². The number of hydrogen-bond acceptors (Lipinski definition) is 5. The molecule has 0 aliphatic carbocycles. The predicted molar refractivity (Wildman–Crippen MR) is 72.8 cm³/mol. The molecule has 1 saturated heterocycles. The molecule has 1 aromatic heterocycles. The number of piperidine rings is 1. The fraction of sp³-hybridized carbons (Fsp3) is 0.667. The van der Waals surface area contributed by atoms with E-state index in [0.29, 0.717) is 6.54 Å². The Morgan fingerprint density at radius 3 is 2.95 bits per heavy atom. The quantitative estimate of drug-likeness (QED) is 0.866. The normalized spacial score (nSPS) is 21.5. The molecule has 0 bridgehead atoms. The number of nitrogens with two attached hydrogens (primary N) is 1. The van der Waals surface area contributed by atoms with E-state index < -0.39 is 10.0 Å². The Labute approximate surface area is 114 Å². The average Bonchev–Trinajstić information content (AvgIpc) is 2.30. The highest BCUT2D eigenvalue weighted by Crippen LogP contribution is 2.19. The lowest BCUT2D eigenvalue weighted by atomic mass is 10.0. The van der Waals surface area contributed by atoms with Crippen LogP contribution in [0.25, 0.3) is 0 Å². The molecule has 1 fully saturated rings. The summed E-state index contributed by atoms with van der Waals surface area (Å²) in [6.07, 6.45) is 4.72. The lowest BCUT2D eigenvalue weighted by Crippen LogP contribution is -2.44. The molecule has 2 rings (SSSR count). The molecule has 1 aliphatic rings. The van der Waals surface area contributed by atoms with Gasteiger partial charge in [-0.05, 0) is 32.4 Å². The zero-order valence-corrected chi connectivity index (χ0v) is 11.9. The molecule has 0 amide bonds. The van der Waals surface area contributed by atoms with Crippen molar-refractivity contribution in [3.63, 3.8) is 0 Å². The third kappa shape index (κ3) is 4.52. The monoisotopic (exact) mass is 284 g/mol. The van der Waals surface area contributed by atoms with Gasteiger partial charge in [0.25, 0.3) is 0 Å². The van der Waals surface area contributed by atoms with E-state index in [9.17, 15) is 8.42 Å². The average molecular weight is 284 g/mol. The summed E-state index contributed by atoms with van der Waals surface area (Å²) in [5.41, 5.74) is 0.921. The lowest BCUT2D eigenvalue weighted by Gasteiger charge is -2.34. The van der Waals surface area contributed by atoms with Gasteiger partial charge in [-0.3, -0.25) is 4.90 Å². The molecular formula is C12H20N4O2S. The van der Waals surface area contributed by atoms with E-state index in [1.54, 1.807) is 6.20 Å². The van der Waals surface area contributed by atoms with E-state index in [0.717, 1.165) is 37.3 Å².